The number of nitrogens with zero attached hydrogens (tertiary/aromatic N) is 1. The van der Waals surface area contributed by atoms with Crippen LogP contribution in [0.4, 0.5) is 0 Å². The first-order valence-corrected chi connectivity index (χ1v) is 6.28. The fourth-order valence-corrected chi connectivity index (χ4v) is 1.67. The van der Waals surface area contributed by atoms with Crippen molar-refractivity contribution in [1.82, 2.24) is 4.90 Å². The number of methoxy groups -OCH3 is 2. The fourth-order valence-electron chi connectivity index (χ4n) is 1.42. The number of ether oxygens (including phenoxy) is 2. The monoisotopic (exact) mass is 287 g/mol. The van der Waals surface area contributed by atoms with Crippen molar-refractivity contribution in [2.75, 3.05) is 33.3 Å². The molecule has 90 valence electrons. The van der Waals surface area contributed by atoms with Crippen molar-refractivity contribution in [3.63, 3.8) is 0 Å². The average molecular weight is 288 g/mol. The van der Waals surface area contributed by atoms with Crippen molar-refractivity contribution >= 4 is 15.9 Å². The molecule has 0 bridgehead atoms. The van der Waals surface area contributed by atoms with Crippen LogP contribution in [0.1, 0.15) is 5.56 Å². The molecule has 4 heteroatoms. The largest absolute Gasteiger partial charge is 0.493 e. The summed E-state index contributed by atoms with van der Waals surface area (Å²) in [6, 6.07) is 6.05. The Bertz CT molecular complexity index is 331. The highest BCUT2D eigenvalue weighted by molar-refractivity contribution is 9.09. The summed E-state index contributed by atoms with van der Waals surface area (Å²) in [4.78, 5) is 2.21. The lowest BCUT2D eigenvalue weighted by molar-refractivity contribution is 0.354. The number of rotatable bonds is 6. The van der Waals surface area contributed by atoms with Gasteiger partial charge in [0.05, 0.1) is 19.7 Å². The minimum absolute atomic E-state index is 0.778. The van der Waals surface area contributed by atoms with E-state index < -0.39 is 0 Å². The first-order valence-electron chi connectivity index (χ1n) is 5.16. The SMILES string of the molecule is COc1ccc(CCN(C)CBr)cc1OC. The van der Waals surface area contributed by atoms with Crippen molar-refractivity contribution in [3.05, 3.63) is 23.8 Å². The molecule has 1 aromatic rings. The van der Waals surface area contributed by atoms with Crippen LogP contribution in [0.5, 0.6) is 11.5 Å². The zero-order chi connectivity index (χ0) is 12.0. The molecule has 0 aliphatic heterocycles. The van der Waals surface area contributed by atoms with Gasteiger partial charge in [0.25, 0.3) is 0 Å². The molecule has 0 saturated heterocycles. The molecule has 16 heavy (non-hydrogen) atoms. The predicted octanol–water partition coefficient (Wildman–Crippen LogP) is 2.53. The Morgan fingerprint density at radius 1 is 1.19 bits per heavy atom. The number of halogens is 1. The molecule has 0 aliphatic carbocycles. The summed E-state index contributed by atoms with van der Waals surface area (Å²) < 4.78 is 10.5. The first kappa shape index (κ1) is 13.3. The van der Waals surface area contributed by atoms with Gasteiger partial charge in [-0.3, -0.25) is 4.90 Å². The van der Waals surface area contributed by atoms with Crippen LogP contribution >= 0.6 is 15.9 Å². The van der Waals surface area contributed by atoms with Gasteiger partial charge in [0.2, 0.25) is 0 Å². The van der Waals surface area contributed by atoms with Gasteiger partial charge in [-0.05, 0) is 31.2 Å². The fraction of sp³-hybridized carbons (Fsp3) is 0.500. The molecule has 0 saturated carbocycles. The Morgan fingerprint density at radius 2 is 1.88 bits per heavy atom. The molecule has 0 amide bonds. The van der Waals surface area contributed by atoms with Gasteiger partial charge in [0.1, 0.15) is 0 Å². The smallest absolute Gasteiger partial charge is 0.160 e. The Kier molecular flexibility index (Phi) is 5.63. The number of hydrogen-bond donors (Lipinski definition) is 0. The van der Waals surface area contributed by atoms with Crippen molar-refractivity contribution < 1.29 is 9.47 Å². The van der Waals surface area contributed by atoms with Gasteiger partial charge in [-0.1, -0.05) is 22.0 Å². The van der Waals surface area contributed by atoms with Crippen molar-refractivity contribution in [3.8, 4) is 11.5 Å². The molecule has 0 heterocycles. The number of benzene rings is 1. The molecule has 1 aromatic carbocycles. The van der Waals surface area contributed by atoms with Crippen LogP contribution < -0.4 is 9.47 Å². The number of alkyl halides is 1. The maximum absolute atomic E-state index is 5.26. The number of hydrogen-bond acceptors (Lipinski definition) is 3. The molecule has 0 aromatic heterocycles. The van der Waals surface area contributed by atoms with Gasteiger partial charge in [-0.2, -0.15) is 0 Å². The Morgan fingerprint density at radius 3 is 2.44 bits per heavy atom. The van der Waals surface area contributed by atoms with E-state index in [2.05, 4.69) is 33.9 Å². The van der Waals surface area contributed by atoms with Crippen LogP contribution in [0.3, 0.4) is 0 Å². The van der Waals surface area contributed by atoms with Crippen LogP contribution in [0.15, 0.2) is 18.2 Å². The summed E-state index contributed by atoms with van der Waals surface area (Å²) in [5.41, 5.74) is 2.14. The highest BCUT2D eigenvalue weighted by Gasteiger charge is 2.05. The van der Waals surface area contributed by atoms with E-state index in [-0.39, 0.29) is 0 Å². The Balaban J connectivity index is 2.67. The molecule has 0 N–H and O–H groups in total. The van der Waals surface area contributed by atoms with Crippen molar-refractivity contribution in [2.45, 2.75) is 6.42 Å². The molecular formula is C12H18BrNO2. The second-order valence-corrected chi connectivity index (χ2v) is 4.14. The lowest BCUT2D eigenvalue weighted by atomic mass is 10.1. The van der Waals surface area contributed by atoms with Gasteiger partial charge < -0.3 is 9.47 Å². The first-order chi connectivity index (χ1) is 7.71. The normalized spacial score (nSPS) is 10.6. The van der Waals surface area contributed by atoms with Crippen LogP contribution in [0.2, 0.25) is 0 Å². The maximum atomic E-state index is 5.26. The summed E-state index contributed by atoms with van der Waals surface area (Å²) in [6.45, 7) is 1.01. The molecule has 1 rings (SSSR count). The average Bonchev–Trinajstić information content (AvgIpc) is 2.35. The summed E-state index contributed by atoms with van der Waals surface area (Å²) >= 11 is 3.42. The molecular weight excluding hydrogens is 270 g/mol. The molecule has 0 radical (unpaired) electrons. The van der Waals surface area contributed by atoms with Crippen molar-refractivity contribution in [2.24, 2.45) is 0 Å². The molecule has 0 spiro atoms. The lowest BCUT2D eigenvalue weighted by Gasteiger charge is -2.13. The van der Waals surface area contributed by atoms with Crippen LogP contribution in [0, 0.1) is 0 Å². The number of likely N-dealkylation sites (N-methyl/N-ethyl adjacent to an activating group) is 1. The molecule has 0 atom stereocenters. The topological polar surface area (TPSA) is 21.7 Å². The van der Waals surface area contributed by atoms with Crippen LogP contribution in [0.25, 0.3) is 0 Å². The third-order valence-electron chi connectivity index (χ3n) is 2.43. The third-order valence-corrected chi connectivity index (χ3v) is 3.29. The van der Waals surface area contributed by atoms with Gasteiger partial charge >= 0.3 is 0 Å². The van der Waals surface area contributed by atoms with Gasteiger partial charge in [0.15, 0.2) is 11.5 Å². The third kappa shape index (κ3) is 3.68. The highest BCUT2D eigenvalue weighted by Crippen LogP contribution is 2.27. The van der Waals surface area contributed by atoms with E-state index in [0.717, 1.165) is 29.9 Å². The van der Waals surface area contributed by atoms with Crippen LogP contribution in [-0.2, 0) is 6.42 Å². The van der Waals surface area contributed by atoms with Gasteiger partial charge in [0, 0.05) is 6.54 Å². The standard InChI is InChI=1S/C12H18BrNO2/c1-14(9-13)7-6-10-4-5-11(15-2)12(8-10)16-3/h4-5,8H,6-7,9H2,1-3H3. The molecule has 0 unspecified atom stereocenters. The van der Waals surface area contributed by atoms with Gasteiger partial charge in [-0.15, -0.1) is 0 Å². The van der Waals surface area contributed by atoms with E-state index in [1.807, 2.05) is 12.1 Å². The zero-order valence-corrected chi connectivity index (χ0v) is 11.6. The highest BCUT2D eigenvalue weighted by atomic mass is 79.9. The summed E-state index contributed by atoms with van der Waals surface area (Å²) in [7, 11) is 5.39. The Labute approximate surface area is 105 Å². The quantitative estimate of drug-likeness (QED) is 0.593. The minimum Gasteiger partial charge on any atom is -0.493 e. The minimum atomic E-state index is 0.778. The van der Waals surface area contributed by atoms with Crippen LogP contribution in [-0.4, -0.2) is 38.2 Å². The second-order valence-electron chi connectivity index (χ2n) is 3.64. The van der Waals surface area contributed by atoms with E-state index in [4.69, 9.17) is 9.47 Å². The zero-order valence-electron chi connectivity index (χ0n) is 10.00. The summed E-state index contributed by atoms with van der Waals surface area (Å²) in [5, 5.41) is 0. The predicted molar refractivity (Wildman–Crippen MR) is 69.7 cm³/mol. The summed E-state index contributed by atoms with van der Waals surface area (Å²) in [5.74, 6) is 1.57. The summed E-state index contributed by atoms with van der Waals surface area (Å²) in [6.07, 6.45) is 1.00. The van der Waals surface area contributed by atoms with E-state index in [0.29, 0.717) is 0 Å². The van der Waals surface area contributed by atoms with E-state index >= 15 is 0 Å². The second kappa shape index (κ2) is 6.76. The molecule has 0 aliphatic rings. The molecule has 3 nitrogen and oxygen atoms in total. The lowest BCUT2D eigenvalue weighted by Crippen LogP contribution is -2.18. The van der Waals surface area contributed by atoms with Gasteiger partial charge in [-0.25, -0.2) is 0 Å². The maximum Gasteiger partial charge on any atom is 0.160 e. The van der Waals surface area contributed by atoms with Crippen molar-refractivity contribution in [1.29, 1.82) is 0 Å². The van der Waals surface area contributed by atoms with E-state index in [1.54, 1.807) is 14.2 Å². The Hall–Kier alpha value is -0.740. The van der Waals surface area contributed by atoms with E-state index in [1.165, 1.54) is 5.56 Å². The van der Waals surface area contributed by atoms with E-state index in [9.17, 15) is 0 Å². The molecule has 0 fully saturated rings.